The third kappa shape index (κ3) is 2.53. The predicted molar refractivity (Wildman–Crippen MR) is 64.1 cm³/mol. The molecule has 1 aliphatic heterocycles. The summed E-state index contributed by atoms with van der Waals surface area (Å²) in [5.74, 6) is 0.915. The van der Waals surface area contributed by atoms with Crippen LogP contribution in [0.3, 0.4) is 0 Å². The molecule has 1 saturated heterocycles. The van der Waals surface area contributed by atoms with Crippen LogP contribution in [0, 0.1) is 0 Å². The standard InChI is InChI=1S/C11H16OS2/c1-9-6-11(12,8-14-9)4-2-10-3-5-13-7-10/h3,5,7,9,12H,2,4,6,8H2,1H3. The van der Waals surface area contributed by atoms with E-state index in [9.17, 15) is 5.11 Å². The second-order valence-electron chi connectivity index (χ2n) is 4.18. The molecule has 0 spiro atoms. The molecular weight excluding hydrogens is 212 g/mol. The first kappa shape index (κ1) is 10.5. The van der Waals surface area contributed by atoms with E-state index >= 15 is 0 Å². The van der Waals surface area contributed by atoms with Gasteiger partial charge in [0.05, 0.1) is 5.60 Å². The van der Waals surface area contributed by atoms with Crippen molar-refractivity contribution >= 4 is 23.1 Å². The Hall–Kier alpha value is 0.01000. The van der Waals surface area contributed by atoms with E-state index in [1.807, 2.05) is 11.8 Å². The van der Waals surface area contributed by atoms with Gasteiger partial charge in [-0.1, -0.05) is 6.92 Å². The summed E-state index contributed by atoms with van der Waals surface area (Å²) in [4.78, 5) is 0. The molecule has 14 heavy (non-hydrogen) atoms. The average Bonchev–Trinajstić information content (AvgIpc) is 2.73. The van der Waals surface area contributed by atoms with Crippen LogP contribution in [0.1, 0.15) is 25.3 Å². The molecule has 0 bridgehead atoms. The van der Waals surface area contributed by atoms with Crippen molar-refractivity contribution in [3.05, 3.63) is 22.4 Å². The zero-order valence-electron chi connectivity index (χ0n) is 8.40. The molecule has 1 aromatic heterocycles. The highest BCUT2D eigenvalue weighted by molar-refractivity contribution is 8.00. The molecule has 2 rings (SSSR count). The lowest BCUT2D eigenvalue weighted by atomic mass is 9.93. The zero-order chi connectivity index (χ0) is 10.0. The second-order valence-corrected chi connectivity index (χ2v) is 6.39. The maximum atomic E-state index is 10.2. The smallest absolute Gasteiger partial charge is 0.0751 e. The monoisotopic (exact) mass is 228 g/mol. The summed E-state index contributed by atoms with van der Waals surface area (Å²) in [6.45, 7) is 2.20. The van der Waals surface area contributed by atoms with Crippen LogP contribution >= 0.6 is 23.1 Å². The summed E-state index contributed by atoms with van der Waals surface area (Å²) in [7, 11) is 0. The molecule has 2 atom stereocenters. The molecule has 3 heteroatoms. The number of aryl methyl sites for hydroxylation is 1. The van der Waals surface area contributed by atoms with E-state index in [-0.39, 0.29) is 0 Å². The van der Waals surface area contributed by atoms with Gasteiger partial charge >= 0.3 is 0 Å². The summed E-state index contributed by atoms with van der Waals surface area (Å²) in [5.41, 5.74) is 0.972. The Morgan fingerprint density at radius 1 is 1.64 bits per heavy atom. The van der Waals surface area contributed by atoms with Crippen molar-refractivity contribution in [2.75, 3.05) is 5.75 Å². The number of thioether (sulfide) groups is 1. The average molecular weight is 228 g/mol. The maximum absolute atomic E-state index is 10.2. The fourth-order valence-corrected chi connectivity index (χ4v) is 3.92. The molecule has 1 nitrogen and oxygen atoms in total. The van der Waals surface area contributed by atoms with Gasteiger partial charge in [0, 0.05) is 11.0 Å². The molecule has 0 radical (unpaired) electrons. The largest absolute Gasteiger partial charge is 0.389 e. The minimum absolute atomic E-state index is 0.397. The summed E-state index contributed by atoms with van der Waals surface area (Å²) in [5, 5.41) is 15.1. The van der Waals surface area contributed by atoms with Gasteiger partial charge in [-0.3, -0.25) is 0 Å². The van der Waals surface area contributed by atoms with Crippen LogP contribution in [0.15, 0.2) is 16.8 Å². The van der Waals surface area contributed by atoms with Gasteiger partial charge < -0.3 is 5.11 Å². The normalized spacial score (nSPS) is 32.3. The fraction of sp³-hybridized carbons (Fsp3) is 0.636. The molecule has 0 aromatic carbocycles. The molecule has 78 valence electrons. The van der Waals surface area contributed by atoms with E-state index in [4.69, 9.17) is 0 Å². The molecule has 1 fully saturated rings. The van der Waals surface area contributed by atoms with E-state index < -0.39 is 5.60 Å². The molecule has 1 N–H and O–H groups in total. The summed E-state index contributed by atoms with van der Waals surface area (Å²) in [6.07, 6.45) is 2.90. The fourth-order valence-electron chi connectivity index (χ4n) is 1.94. The lowest BCUT2D eigenvalue weighted by molar-refractivity contribution is 0.0551. The quantitative estimate of drug-likeness (QED) is 0.858. The van der Waals surface area contributed by atoms with Crippen LogP contribution in [0.4, 0.5) is 0 Å². The van der Waals surface area contributed by atoms with Crippen molar-refractivity contribution in [3.63, 3.8) is 0 Å². The van der Waals surface area contributed by atoms with Gasteiger partial charge in [-0.15, -0.1) is 0 Å². The number of hydrogen-bond donors (Lipinski definition) is 1. The molecule has 0 aliphatic carbocycles. The highest BCUT2D eigenvalue weighted by atomic mass is 32.2. The summed E-state index contributed by atoms with van der Waals surface area (Å²) in [6, 6.07) is 2.15. The minimum Gasteiger partial charge on any atom is -0.389 e. The van der Waals surface area contributed by atoms with Gasteiger partial charge in [0.25, 0.3) is 0 Å². The minimum atomic E-state index is -0.397. The first-order valence-corrected chi connectivity index (χ1v) is 7.02. The van der Waals surface area contributed by atoms with Gasteiger partial charge in [-0.05, 0) is 41.7 Å². The first-order chi connectivity index (χ1) is 6.68. The van der Waals surface area contributed by atoms with Gasteiger partial charge in [0.1, 0.15) is 0 Å². The Balaban J connectivity index is 1.86. The molecular formula is C11H16OS2. The van der Waals surface area contributed by atoms with Gasteiger partial charge in [-0.25, -0.2) is 0 Å². The molecule has 2 heterocycles. The first-order valence-electron chi connectivity index (χ1n) is 5.03. The van der Waals surface area contributed by atoms with E-state index in [1.54, 1.807) is 11.3 Å². The van der Waals surface area contributed by atoms with Crippen molar-refractivity contribution in [1.29, 1.82) is 0 Å². The van der Waals surface area contributed by atoms with E-state index in [1.165, 1.54) is 5.56 Å². The van der Waals surface area contributed by atoms with E-state index in [0.717, 1.165) is 25.0 Å². The van der Waals surface area contributed by atoms with Crippen LogP contribution < -0.4 is 0 Å². The third-order valence-electron chi connectivity index (χ3n) is 2.76. The van der Waals surface area contributed by atoms with Crippen LogP contribution in [-0.4, -0.2) is 21.7 Å². The Morgan fingerprint density at radius 2 is 2.50 bits per heavy atom. The van der Waals surface area contributed by atoms with Crippen molar-refractivity contribution in [3.8, 4) is 0 Å². The Labute approximate surface area is 93.5 Å². The highest BCUT2D eigenvalue weighted by Crippen LogP contribution is 2.37. The van der Waals surface area contributed by atoms with Crippen LogP contribution in [-0.2, 0) is 6.42 Å². The van der Waals surface area contributed by atoms with Crippen molar-refractivity contribution < 1.29 is 5.11 Å². The molecule has 2 unspecified atom stereocenters. The predicted octanol–water partition coefficient (Wildman–Crippen LogP) is 2.94. The third-order valence-corrected chi connectivity index (χ3v) is 4.93. The summed E-state index contributed by atoms with van der Waals surface area (Å²) < 4.78 is 0. The lowest BCUT2D eigenvalue weighted by Crippen LogP contribution is -2.29. The van der Waals surface area contributed by atoms with Crippen molar-refractivity contribution in [2.24, 2.45) is 0 Å². The molecule has 1 aliphatic rings. The highest BCUT2D eigenvalue weighted by Gasteiger charge is 2.35. The number of aliphatic hydroxyl groups is 1. The Bertz CT molecular complexity index is 283. The second kappa shape index (κ2) is 4.25. The number of hydrogen-bond acceptors (Lipinski definition) is 3. The summed E-state index contributed by atoms with van der Waals surface area (Å²) >= 11 is 3.63. The van der Waals surface area contributed by atoms with Gasteiger partial charge in [0.2, 0.25) is 0 Å². The van der Waals surface area contributed by atoms with E-state index in [0.29, 0.717) is 5.25 Å². The van der Waals surface area contributed by atoms with Crippen LogP contribution in [0.5, 0.6) is 0 Å². The van der Waals surface area contributed by atoms with Crippen LogP contribution in [0.2, 0.25) is 0 Å². The zero-order valence-corrected chi connectivity index (χ0v) is 10.0. The topological polar surface area (TPSA) is 20.2 Å². The maximum Gasteiger partial charge on any atom is 0.0751 e. The van der Waals surface area contributed by atoms with Crippen LogP contribution in [0.25, 0.3) is 0 Å². The number of thiophene rings is 1. The van der Waals surface area contributed by atoms with Crippen molar-refractivity contribution in [2.45, 2.75) is 37.0 Å². The molecule has 0 amide bonds. The Morgan fingerprint density at radius 3 is 3.07 bits per heavy atom. The van der Waals surface area contributed by atoms with E-state index in [2.05, 4.69) is 23.8 Å². The lowest BCUT2D eigenvalue weighted by Gasteiger charge is -2.21. The van der Waals surface area contributed by atoms with Gasteiger partial charge in [0.15, 0.2) is 0 Å². The number of rotatable bonds is 3. The SMILES string of the molecule is CC1CC(O)(CCc2ccsc2)CS1. The van der Waals surface area contributed by atoms with Gasteiger partial charge in [-0.2, -0.15) is 23.1 Å². The van der Waals surface area contributed by atoms with Crippen molar-refractivity contribution in [1.82, 2.24) is 0 Å². The Kier molecular flexibility index (Phi) is 3.20. The molecule has 0 saturated carbocycles. The molecule has 1 aromatic rings.